The standard InChI is InChI=1S/C35H48BrN5O4.C4H8O2.C2H6/c1-9-26(23(3)17-27(10-2)34(37)42)19-30(38-5)35(43)41(22-25-15-16-32(44-7)33(18-25)45-8)24(4)20-40-21-31(39-6)28-13-11-12-14-29(28)36;1-4(2)6-3-5;1-2/h10-18,21,24,30,38-40H,2,9,19-20,22H2,1,3-8H3,(H2,37,42);3-4H,1-2H3;1-2H3/b26-23+,27-17+,31-21-;;. The number of ether oxygens (including phenoxy) is 3. The average molecular weight is 801 g/mol. The number of rotatable bonds is 20. The van der Waals surface area contributed by atoms with E-state index in [1.165, 1.54) is 6.08 Å². The summed E-state index contributed by atoms with van der Waals surface area (Å²) < 4.78 is 16.3. The number of carbonyl (C=O) groups is 3. The summed E-state index contributed by atoms with van der Waals surface area (Å²) in [6.07, 6.45) is 6.30. The normalized spacial score (nSPS) is 12.7. The summed E-state index contributed by atoms with van der Waals surface area (Å²) in [6, 6.07) is 13.0. The first-order chi connectivity index (χ1) is 25.3. The Balaban J connectivity index is 0.00000306. The molecule has 2 atom stereocenters. The summed E-state index contributed by atoms with van der Waals surface area (Å²) in [5.41, 5.74) is 10.6. The van der Waals surface area contributed by atoms with Crippen molar-refractivity contribution >= 4 is 39.9 Å². The highest BCUT2D eigenvalue weighted by molar-refractivity contribution is 9.10. The number of nitrogens with zero attached hydrogens (tertiary/aromatic N) is 1. The Morgan fingerprint density at radius 1 is 1.04 bits per heavy atom. The van der Waals surface area contributed by atoms with E-state index >= 15 is 0 Å². The third-order valence-corrected chi connectivity index (χ3v) is 8.69. The molecule has 11 nitrogen and oxygen atoms in total. The Labute approximate surface area is 326 Å². The van der Waals surface area contributed by atoms with Crippen LogP contribution in [0.15, 0.2) is 88.6 Å². The van der Waals surface area contributed by atoms with E-state index in [0.717, 1.165) is 32.4 Å². The fraction of sp³-hybridized carbons (Fsp3) is 0.439. The molecule has 0 aliphatic heterocycles. The predicted molar refractivity (Wildman–Crippen MR) is 220 cm³/mol. The number of nitrogens with one attached hydrogen (secondary N) is 3. The predicted octanol–water partition coefficient (Wildman–Crippen LogP) is 6.89. The highest BCUT2D eigenvalue weighted by Gasteiger charge is 2.28. The zero-order chi connectivity index (χ0) is 40.5. The molecule has 0 radical (unpaired) electrons. The molecule has 294 valence electrons. The van der Waals surface area contributed by atoms with E-state index in [1.54, 1.807) is 41.2 Å². The number of amides is 2. The van der Waals surface area contributed by atoms with Crippen molar-refractivity contribution in [1.82, 2.24) is 20.9 Å². The second-order valence-electron chi connectivity index (χ2n) is 11.8. The molecule has 2 rings (SSSR count). The van der Waals surface area contributed by atoms with Crippen LogP contribution in [0.1, 0.15) is 72.4 Å². The van der Waals surface area contributed by atoms with E-state index in [4.69, 9.17) is 15.2 Å². The third-order valence-electron chi connectivity index (χ3n) is 7.99. The molecule has 5 N–H and O–H groups in total. The lowest BCUT2D eigenvalue weighted by Gasteiger charge is -2.33. The van der Waals surface area contributed by atoms with Gasteiger partial charge in [0.25, 0.3) is 6.47 Å². The minimum atomic E-state index is -0.543. The van der Waals surface area contributed by atoms with Gasteiger partial charge < -0.3 is 40.8 Å². The Morgan fingerprint density at radius 2 is 1.68 bits per heavy atom. The van der Waals surface area contributed by atoms with Crippen molar-refractivity contribution < 1.29 is 28.6 Å². The summed E-state index contributed by atoms with van der Waals surface area (Å²) in [6.45, 7) is 18.6. The minimum absolute atomic E-state index is 0.0301. The Kier molecular flexibility index (Phi) is 24.8. The van der Waals surface area contributed by atoms with Crippen molar-refractivity contribution in [3.63, 3.8) is 0 Å². The van der Waals surface area contributed by atoms with Gasteiger partial charge in [0.15, 0.2) is 11.5 Å². The Bertz CT molecular complexity index is 1540. The number of hydrogen-bond acceptors (Lipinski definition) is 9. The maximum absolute atomic E-state index is 14.3. The van der Waals surface area contributed by atoms with Crippen molar-refractivity contribution in [2.45, 2.75) is 86.0 Å². The molecule has 0 saturated heterocycles. The number of likely N-dealkylation sites (N-methyl/N-ethyl adjacent to an activating group) is 1. The molecule has 0 aromatic heterocycles. The van der Waals surface area contributed by atoms with Gasteiger partial charge in [-0.05, 0) is 77.4 Å². The fourth-order valence-corrected chi connectivity index (χ4v) is 5.55. The van der Waals surface area contributed by atoms with Crippen molar-refractivity contribution in [2.75, 3.05) is 34.9 Å². The van der Waals surface area contributed by atoms with Gasteiger partial charge in [-0.3, -0.25) is 14.4 Å². The number of hydrogen-bond donors (Lipinski definition) is 4. The van der Waals surface area contributed by atoms with Crippen LogP contribution in [0, 0.1) is 0 Å². The number of primary amides is 1. The van der Waals surface area contributed by atoms with Crippen LogP contribution in [-0.4, -0.2) is 76.2 Å². The lowest BCUT2D eigenvalue weighted by molar-refractivity contribution is -0.136. The molecule has 0 spiro atoms. The molecular weight excluding hydrogens is 738 g/mol. The molecule has 2 aromatic carbocycles. The van der Waals surface area contributed by atoms with Crippen LogP contribution in [-0.2, 0) is 25.7 Å². The average Bonchev–Trinajstić information content (AvgIpc) is 3.15. The van der Waals surface area contributed by atoms with E-state index in [-0.39, 0.29) is 18.1 Å². The van der Waals surface area contributed by atoms with Gasteiger partial charge in [0.1, 0.15) is 0 Å². The Morgan fingerprint density at radius 3 is 2.15 bits per heavy atom. The first-order valence-electron chi connectivity index (χ1n) is 17.8. The van der Waals surface area contributed by atoms with Gasteiger partial charge in [-0.15, -0.1) is 0 Å². The van der Waals surface area contributed by atoms with Gasteiger partial charge in [-0.1, -0.05) is 84.8 Å². The zero-order valence-corrected chi connectivity index (χ0v) is 35.1. The summed E-state index contributed by atoms with van der Waals surface area (Å²) >= 11 is 3.62. The summed E-state index contributed by atoms with van der Waals surface area (Å²) in [5, 5.41) is 9.90. The third kappa shape index (κ3) is 16.8. The number of methoxy groups -OCH3 is 2. The lowest BCUT2D eigenvalue weighted by Crippen LogP contribution is -2.51. The highest BCUT2D eigenvalue weighted by Crippen LogP contribution is 2.29. The van der Waals surface area contributed by atoms with Crippen molar-refractivity contribution in [2.24, 2.45) is 5.73 Å². The minimum Gasteiger partial charge on any atom is -0.493 e. The van der Waals surface area contributed by atoms with Gasteiger partial charge in [0.2, 0.25) is 11.8 Å². The molecule has 0 fully saturated rings. The second kappa shape index (κ2) is 27.1. The molecule has 2 unspecified atom stereocenters. The second-order valence-corrected chi connectivity index (χ2v) is 12.7. The number of nitrogens with two attached hydrogens (primary N) is 1. The van der Waals surface area contributed by atoms with E-state index in [2.05, 4.69) is 43.2 Å². The smallest absolute Gasteiger partial charge is 0.293 e. The number of carbonyl (C=O) groups excluding carboxylic acids is 3. The number of allylic oxidation sites excluding steroid dienone is 2. The quantitative estimate of drug-likeness (QED) is 0.0640. The summed E-state index contributed by atoms with van der Waals surface area (Å²) in [5.74, 6) is 0.625. The molecular formula is C41H62BrN5O6. The van der Waals surface area contributed by atoms with Crippen molar-refractivity contribution in [1.29, 1.82) is 0 Å². The maximum atomic E-state index is 14.3. The van der Waals surface area contributed by atoms with Crippen molar-refractivity contribution in [3.8, 4) is 11.5 Å². The molecule has 0 saturated carbocycles. The van der Waals surface area contributed by atoms with Crippen LogP contribution in [0.25, 0.3) is 5.70 Å². The maximum Gasteiger partial charge on any atom is 0.293 e. The van der Waals surface area contributed by atoms with Crippen LogP contribution in [0.2, 0.25) is 0 Å². The molecule has 0 bridgehead atoms. The Hall–Kier alpha value is -4.55. The summed E-state index contributed by atoms with van der Waals surface area (Å²) in [7, 11) is 6.85. The van der Waals surface area contributed by atoms with E-state index in [9.17, 15) is 14.4 Å². The number of benzene rings is 2. The largest absolute Gasteiger partial charge is 0.493 e. The van der Waals surface area contributed by atoms with Gasteiger partial charge in [0, 0.05) is 48.0 Å². The van der Waals surface area contributed by atoms with Gasteiger partial charge in [0.05, 0.1) is 32.1 Å². The SMILES string of the molecule is C=C/C(=C\C(C)=C(/CC)CC(NC)C(=O)N(Cc1ccc(OC)c(OC)c1)C(C)CN/C=C(\NC)c1ccccc1Br)C(N)=O.CC.CC(C)OC=O. The van der Waals surface area contributed by atoms with Crippen LogP contribution in [0.3, 0.4) is 0 Å². The zero-order valence-electron chi connectivity index (χ0n) is 33.5. The van der Waals surface area contributed by atoms with Gasteiger partial charge in [-0.2, -0.15) is 0 Å². The molecule has 12 heteroatoms. The molecule has 0 heterocycles. The molecule has 0 aliphatic rings. The van der Waals surface area contributed by atoms with Crippen LogP contribution < -0.4 is 31.2 Å². The molecule has 2 amide bonds. The summed E-state index contributed by atoms with van der Waals surface area (Å²) in [4.78, 5) is 37.3. The molecule has 2 aromatic rings. The van der Waals surface area contributed by atoms with Crippen LogP contribution in [0.5, 0.6) is 11.5 Å². The lowest BCUT2D eigenvalue weighted by atomic mass is 9.96. The monoisotopic (exact) mass is 799 g/mol. The topological polar surface area (TPSA) is 144 Å². The van der Waals surface area contributed by atoms with E-state index in [1.807, 2.05) is 95.2 Å². The van der Waals surface area contributed by atoms with Gasteiger partial charge in [-0.25, -0.2) is 0 Å². The van der Waals surface area contributed by atoms with Crippen LogP contribution in [0.4, 0.5) is 0 Å². The number of halogens is 1. The first kappa shape index (κ1) is 48.5. The molecule has 0 aliphatic carbocycles. The fourth-order valence-electron chi connectivity index (χ4n) is 5.05. The molecule has 53 heavy (non-hydrogen) atoms. The van der Waals surface area contributed by atoms with E-state index < -0.39 is 11.9 Å². The van der Waals surface area contributed by atoms with Gasteiger partial charge >= 0.3 is 0 Å². The van der Waals surface area contributed by atoms with E-state index in [0.29, 0.717) is 49.5 Å². The van der Waals surface area contributed by atoms with Crippen molar-refractivity contribution in [3.05, 3.63) is 99.7 Å². The highest BCUT2D eigenvalue weighted by atomic mass is 79.9. The van der Waals surface area contributed by atoms with Crippen LogP contribution >= 0.6 is 15.9 Å². The first-order valence-corrected chi connectivity index (χ1v) is 18.6.